The number of nitrogens with one attached hydrogen (secondary N) is 3. The Morgan fingerprint density at radius 1 is 1.12 bits per heavy atom. The molecule has 1 aromatic carbocycles. The van der Waals surface area contributed by atoms with Crippen LogP contribution in [0.25, 0.3) is 22.5 Å². The van der Waals surface area contributed by atoms with Gasteiger partial charge >= 0.3 is 0 Å². The van der Waals surface area contributed by atoms with Gasteiger partial charge in [-0.25, -0.2) is 4.98 Å². The van der Waals surface area contributed by atoms with Crippen molar-refractivity contribution in [1.29, 1.82) is 0 Å². The summed E-state index contributed by atoms with van der Waals surface area (Å²) in [5.41, 5.74) is 1.78. The fraction of sp³-hybridized carbons (Fsp3) is 0.105. The number of aromatic nitrogens is 3. The molecule has 1 atom stereocenters. The number of nitrogens with zero attached hydrogens (tertiary/aromatic N) is 1. The Morgan fingerprint density at radius 3 is 2.69 bits per heavy atom. The highest BCUT2D eigenvalue weighted by molar-refractivity contribution is 5.94. The van der Waals surface area contributed by atoms with Crippen molar-refractivity contribution < 1.29 is 9.21 Å². The quantitative estimate of drug-likeness (QED) is 0.527. The van der Waals surface area contributed by atoms with Crippen LogP contribution in [0.2, 0.25) is 0 Å². The number of pyridine rings is 1. The van der Waals surface area contributed by atoms with Crippen LogP contribution in [0.5, 0.6) is 0 Å². The van der Waals surface area contributed by atoms with E-state index >= 15 is 0 Å². The van der Waals surface area contributed by atoms with Gasteiger partial charge in [0.2, 0.25) is 0 Å². The molecule has 1 amide bonds. The Kier molecular flexibility index (Phi) is 3.89. The third kappa shape index (κ3) is 2.90. The fourth-order valence-electron chi connectivity index (χ4n) is 2.75. The van der Waals surface area contributed by atoms with Crippen LogP contribution in [-0.2, 0) is 0 Å². The zero-order chi connectivity index (χ0) is 18.1. The predicted octanol–water partition coefficient (Wildman–Crippen LogP) is 3.00. The molecule has 0 aliphatic heterocycles. The van der Waals surface area contributed by atoms with Gasteiger partial charge < -0.3 is 19.7 Å². The summed E-state index contributed by atoms with van der Waals surface area (Å²) in [6, 6.07) is 13.8. The largest absolute Gasteiger partial charge is 0.463 e. The Balaban J connectivity index is 1.55. The van der Waals surface area contributed by atoms with Gasteiger partial charge in [-0.15, -0.1) is 0 Å². The van der Waals surface area contributed by atoms with Gasteiger partial charge in [0.25, 0.3) is 11.5 Å². The van der Waals surface area contributed by atoms with Gasteiger partial charge in [-0.1, -0.05) is 12.1 Å². The Hall–Kier alpha value is -3.61. The zero-order valence-electron chi connectivity index (χ0n) is 13.9. The molecule has 0 unspecified atom stereocenters. The number of carbonyl (C=O) groups excluding carboxylic acids is 1. The summed E-state index contributed by atoms with van der Waals surface area (Å²) < 4.78 is 5.24. The Morgan fingerprint density at radius 2 is 1.96 bits per heavy atom. The van der Waals surface area contributed by atoms with Crippen molar-refractivity contribution in [2.24, 2.45) is 0 Å². The summed E-state index contributed by atoms with van der Waals surface area (Å²) in [5, 5.41) is 2.79. The van der Waals surface area contributed by atoms with Gasteiger partial charge in [0.05, 0.1) is 29.0 Å². The third-order valence-corrected chi connectivity index (χ3v) is 4.11. The Bertz CT molecular complexity index is 1090. The van der Waals surface area contributed by atoms with E-state index in [1.54, 1.807) is 25.1 Å². The molecule has 3 N–H and O–H groups in total. The number of fused-ring (bicyclic) bond motifs is 1. The number of amides is 1. The van der Waals surface area contributed by atoms with E-state index in [4.69, 9.17) is 4.42 Å². The van der Waals surface area contributed by atoms with Crippen LogP contribution >= 0.6 is 0 Å². The number of carbonyl (C=O) groups is 1. The first-order valence-corrected chi connectivity index (χ1v) is 8.14. The summed E-state index contributed by atoms with van der Waals surface area (Å²) in [6.45, 7) is 1.81. The van der Waals surface area contributed by atoms with Crippen molar-refractivity contribution in [2.75, 3.05) is 0 Å². The second-order valence-electron chi connectivity index (χ2n) is 5.93. The van der Waals surface area contributed by atoms with Crippen molar-refractivity contribution in [1.82, 2.24) is 20.3 Å². The van der Waals surface area contributed by atoms with Crippen LogP contribution in [0.4, 0.5) is 0 Å². The maximum absolute atomic E-state index is 12.5. The first-order chi connectivity index (χ1) is 12.6. The van der Waals surface area contributed by atoms with E-state index < -0.39 is 11.5 Å². The molecule has 0 aliphatic carbocycles. The van der Waals surface area contributed by atoms with Crippen molar-refractivity contribution >= 4 is 16.9 Å². The molecular weight excluding hydrogens is 332 g/mol. The number of rotatable bonds is 4. The highest BCUT2D eigenvalue weighted by Crippen LogP contribution is 2.17. The lowest BCUT2D eigenvalue weighted by molar-refractivity contribution is 0.0937. The van der Waals surface area contributed by atoms with Crippen molar-refractivity contribution in [2.45, 2.75) is 13.0 Å². The van der Waals surface area contributed by atoms with Gasteiger partial charge in [0.15, 0.2) is 0 Å². The number of para-hydroxylation sites is 2. The standard InChI is InChI=1S/C19H16N4O3/c1-11(17-21-13-5-2-3-6-14(13)22-17)20-18(24)12-8-9-15(23-19(12)25)16-7-4-10-26-16/h2-11H,1H3,(H,20,24)(H,21,22)(H,23,25)/t11-/m0/s1. The van der Waals surface area contributed by atoms with Crippen LogP contribution in [0.15, 0.2) is 64.0 Å². The first kappa shape index (κ1) is 15.9. The molecule has 0 saturated carbocycles. The van der Waals surface area contributed by atoms with E-state index in [2.05, 4.69) is 20.3 Å². The lowest BCUT2D eigenvalue weighted by Crippen LogP contribution is -2.32. The topological polar surface area (TPSA) is 104 Å². The molecular formula is C19H16N4O3. The van der Waals surface area contributed by atoms with Gasteiger partial charge in [0, 0.05) is 0 Å². The van der Waals surface area contributed by atoms with Gasteiger partial charge in [-0.05, 0) is 43.3 Å². The van der Waals surface area contributed by atoms with Crippen molar-refractivity contribution in [3.05, 3.63) is 76.5 Å². The summed E-state index contributed by atoms with van der Waals surface area (Å²) >= 11 is 0. The van der Waals surface area contributed by atoms with E-state index in [1.165, 1.54) is 12.3 Å². The summed E-state index contributed by atoms with van der Waals surface area (Å²) in [5.74, 6) is 0.693. The number of hydrogen-bond donors (Lipinski definition) is 3. The number of imidazole rings is 1. The molecule has 0 spiro atoms. The van der Waals surface area contributed by atoms with Crippen LogP contribution in [0, 0.1) is 0 Å². The third-order valence-electron chi connectivity index (χ3n) is 4.11. The lowest BCUT2D eigenvalue weighted by Gasteiger charge is -2.11. The molecule has 4 aromatic rings. The van der Waals surface area contributed by atoms with Gasteiger partial charge in [-0.3, -0.25) is 9.59 Å². The molecule has 0 saturated heterocycles. The van der Waals surface area contributed by atoms with Crippen LogP contribution in [0.1, 0.15) is 29.1 Å². The summed E-state index contributed by atoms with van der Waals surface area (Å²) in [4.78, 5) is 35.0. The number of furan rings is 1. The second kappa shape index (κ2) is 6.36. The number of H-pyrrole nitrogens is 2. The van der Waals surface area contributed by atoms with E-state index in [-0.39, 0.29) is 11.6 Å². The minimum atomic E-state index is -0.479. The lowest BCUT2D eigenvalue weighted by atomic mass is 10.2. The first-order valence-electron chi connectivity index (χ1n) is 8.14. The van der Waals surface area contributed by atoms with E-state index in [0.717, 1.165) is 11.0 Å². The summed E-state index contributed by atoms with van der Waals surface area (Å²) in [6.07, 6.45) is 1.52. The summed E-state index contributed by atoms with van der Waals surface area (Å²) in [7, 11) is 0. The molecule has 7 nitrogen and oxygen atoms in total. The molecule has 3 aromatic heterocycles. The minimum Gasteiger partial charge on any atom is -0.463 e. The zero-order valence-corrected chi connectivity index (χ0v) is 13.9. The maximum Gasteiger partial charge on any atom is 0.261 e. The number of aromatic amines is 2. The van der Waals surface area contributed by atoms with Crippen LogP contribution in [0.3, 0.4) is 0 Å². The molecule has 7 heteroatoms. The number of benzene rings is 1. The highest BCUT2D eigenvalue weighted by atomic mass is 16.3. The average molecular weight is 348 g/mol. The Labute approximate surface area is 148 Å². The van der Waals surface area contributed by atoms with Crippen molar-refractivity contribution in [3.8, 4) is 11.5 Å². The fourth-order valence-corrected chi connectivity index (χ4v) is 2.75. The van der Waals surface area contributed by atoms with E-state index in [1.807, 2.05) is 24.3 Å². The number of hydrogen-bond acceptors (Lipinski definition) is 4. The monoisotopic (exact) mass is 348 g/mol. The minimum absolute atomic E-state index is 0.0308. The van der Waals surface area contributed by atoms with Crippen LogP contribution < -0.4 is 10.9 Å². The van der Waals surface area contributed by atoms with Gasteiger partial charge in [-0.2, -0.15) is 0 Å². The average Bonchev–Trinajstić information content (AvgIpc) is 3.31. The normalized spacial score (nSPS) is 12.2. The molecule has 0 bridgehead atoms. The molecule has 0 fully saturated rings. The SMILES string of the molecule is C[C@H](NC(=O)c1ccc(-c2ccco2)[nH]c1=O)c1nc2ccccc2[nH]1. The van der Waals surface area contributed by atoms with Gasteiger partial charge in [0.1, 0.15) is 17.1 Å². The predicted molar refractivity (Wildman–Crippen MR) is 96.7 cm³/mol. The molecule has 3 heterocycles. The van der Waals surface area contributed by atoms with E-state index in [0.29, 0.717) is 17.3 Å². The molecule has 4 rings (SSSR count). The molecule has 26 heavy (non-hydrogen) atoms. The maximum atomic E-state index is 12.5. The van der Waals surface area contributed by atoms with Crippen molar-refractivity contribution in [3.63, 3.8) is 0 Å². The second-order valence-corrected chi connectivity index (χ2v) is 5.93. The highest BCUT2D eigenvalue weighted by Gasteiger charge is 2.17. The van der Waals surface area contributed by atoms with Crippen LogP contribution in [-0.4, -0.2) is 20.9 Å². The van der Waals surface area contributed by atoms with E-state index in [9.17, 15) is 9.59 Å². The smallest absolute Gasteiger partial charge is 0.261 e. The molecule has 130 valence electrons. The molecule has 0 radical (unpaired) electrons. The molecule has 0 aliphatic rings.